The number of carbonyl (C=O) groups is 2. The molecule has 0 spiro atoms. The minimum absolute atomic E-state index is 0.0555. The van der Waals surface area contributed by atoms with Gasteiger partial charge in [-0.05, 0) is 37.2 Å². The summed E-state index contributed by atoms with van der Waals surface area (Å²) in [6.45, 7) is 6.70. The highest BCUT2D eigenvalue weighted by atomic mass is 32.2. The van der Waals surface area contributed by atoms with Crippen molar-refractivity contribution in [1.29, 1.82) is 0 Å². The summed E-state index contributed by atoms with van der Waals surface area (Å²) in [4.78, 5) is 23.9. The van der Waals surface area contributed by atoms with Crippen LogP contribution >= 0.6 is 0 Å². The lowest BCUT2D eigenvalue weighted by molar-refractivity contribution is -0.139. The van der Waals surface area contributed by atoms with Crippen molar-refractivity contribution < 1.29 is 23.1 Å². The van der Waals surface area contributed by atoms with Crippen molar-refractivity contribution >= 4 is 21.9 Å². The molecule has 1 aromatic heterocycles. The standard InChI is InChI=1S/C18H29N3O5S/c1-12(2)8-15(18(23)24)19-17(22)16-9-14(11-20(16)4)27(25,26)21-7-5-6-13(3)10-21/h9,11-13,15H,5-8,10H2,1-4H3,(H,19,22)(H,23,24)/t13?,15-/m0/s1. The molecule has 0 saturated carbocycles. The summed E-state index contributed by atoms with van der Waals surface area (Å²) in [7, 11) is -2.10. The molecule has 27 heavy (non-hydrogen) atoms. The number of hydrogen-bond donors (Lipinski definition) is 2. The highest BCUT2D eigenvalue weighted by Crippen LogP contribution is 2.24. The summed E-state index contributed by atoms with van der Waals surface area (Å²) in [5.74, 6) is -1.32. The molecule has 8 nitrogen and oxygen atoms in total. The number of carboxylic acids is 1. The number of rotatable bonds is 7. The van der Waals surface area contributed by atoms with Gasteiger partial charge in [-0.25, -0.2) is 13.2 Å². The third kappa shape index (κ3) is 5.10. The second-order valence-electron chi connectivity index (χ2n) is 7.78. The van der Waals surface area contributed by atoms with Gasteiger partial charge in [0.25, 0.3) is 5.91 Å². The predicted molar refractivity (Wildman–Crippen MR) is 101 cm³/mol. The minimum atomic E-state index is -3.68. The SMILES string of the molecule is CC(C)C[C@H](NC(=O)c1cc(S(=O)(=O)N2CCCC(C)C2)cn1C)C(=O)O. The van der Waals surface area contributed by atoms with Crippen molar-refractivity contribution in [3.63, 3.8) is 0 Å². The van der Waals surface area contributed by atoms with E-state index in [-0.39, 0.29) is 16.5 Å². The van der Waals surface area contributed by atoms with Gasteiger partial charge in [0.15, 0.2) is 0 Å². The second-order valence-corrected chi connectivity index (χ2v) is 9.71. The number of hydrogen-bond acceptors (Lipinski definition) is 4. The third-order valence-corrected chi connectivity index (χ3v) is 6.61. The molecule has 2 atom stereocenters. The quantitative estimate of drug-likeness (QED) is 0.725. The minimum Gasteiger partial charge on any atom is -0.480 e. The van der Waals surface area contributed by atoms with Gasteiger partial charge in [0, 0.05) is 26.3 Å². The van der Waals surface area contributed by atoms with Gasteiger partial charge >= 0.3 is 5.97 Å². The Hall–Kier alpha value is -1.87. The van der Waals surface area contributed by atoms with Crippen molar-refractivity contribution in [3.8, 4) is 0 Å². The van der Waals surface area contributed by atoms with E-state index in [1.165, 1.54) is 21.1 Å². The molecule has 2 N–H and O–H groups in total. The van der Waals surface area contributed by atoms with Gasteiger partial charge in [0.1, 0.15) is 16.6 Å². The van der Waals surface area contributed by atoms with E-state index in [0.29, 0.717) is 25.4 Å². The molecule has 0 aromatic carbocycles. The van der Waals surface area contributed by atoms with Crippen molar-refractivity contribution in [3.05, 3.63) is 18.0 Å². The van der Waals surface area contributed by atoms with Crippen LogP contribution in [-0.4, -0.2) is 53.4 Å². The van der Waals surface area contributed by atoms with Gasteiger partial charge in [0.2, 0.25) is 10.0 Å². The fourth-order valence-electron chi connectivity index (χ4n) is 3.34. The van der Waals surface area contributed by atoms with Crippen LogP contribution in [0.15, 0.2) is 17.2 Å². The van der Waals surface area contributed by atoms with Crippen molar-refractivity contribution in [2.24, 2.45) is 18.9 Å². The van der Waals surface area contributed by atoms with Gasteiger partial charge in [-0.1, -0.05) is 20.8 Å². The molecule has 1 aliphatic heterocycles. The summed E-state index contributed by atoms with van der Waals surface area (Å²) in [5, 5.41) is 11.8. The third-order valence-electron chi connectivity index (χ3n) is 4.78. The maximum Gasteiger partial charge on any atom is 0.326 e. The van der Waals surface area contributed by atoms with E-state index in [1.54, 1.807) is 7.05 Å². The van der Waals surface area contributed by atoms with Crippen LogP contribution in [0.5, 0.6) is 0 Å². The molecule has 0 radical (unpaired) electrons. The normalized spacial score (nSPS) is 19.8. The van der Waals surface area contributed by atoms with Crippen LogP contribution in [0.1, 0.15) is 50.5 Å². The molecule has 2 heterocycles. The molecular weight excluding hydrogens is 370 g/mol. The van der Waals surface area contributed by atoms with Crippen molar-refractivity contribution in [2.75, 3.05) is 13.1 Å². The smallest absolute Gasteiger partial charge is 0.326 e. The van der Waals surface area contributed by atoms with Crippen LogP contribution in [0.2, 0.25) is 0 Å². The van der Waals surface area contributed by atoms with E-state index in [9.17, 15) is 23.1 Å². The lowest BCUT2D eigenvalue weighted by Crippen LogP contribution is -2.42. The molecule has 0 bridgehead atoms. The highest BCUT2D eigenvalue weighted by Gasteiger charge is 2.31. The number of aliphatic carboxylic acids is 1. The number of carboxylic acid groups (broad SMARTS) is 1. The molecule has 1 unspecified atom stereocenters. The van der Waals surface area contributed by atoms with E-state index in [0.717, 1.165) is 12.8 Å². The highest BCUT2D eigenvalue weighted by molar-refractivity contribution is 7.89. The molecule has 1 aromatic rings. The monoisotopic (exact) mass is 399 g/mol. The number of amides is 1. The van der Waals surface area contributed by atoms with Crippen LogP contribution in [0.3, 0.4) is 0 Å². The Morgan fingerprint density at radius 1 is 1.37 bits per heavy atom. The van der Waals surface area contributed by atoms with Gasteiger partial charge in [-0.3, -0.25) is 4.79 Å². The lowest BCUT2D eigenvalue weighted by Gasteiger charge is -2.29. The van der Waals surface area contributed by atoms with E-state index in [2.05, 4.69) is 5.32 Å². The van der Waals surface area contributed by atoms with Gasteiger partial charge in [-0.2, -0.15) is 4.31 Å². The van der Waals surface area contributed by atoms with E-state index in [4.69, 9.17) is 0 Å². The van der Waals surface area contributed by atoms with E-state index in [1.807, 2.05) is 20.8 Å². The maximum absolute atomic E-state index is 12.9. The maximum atomic E-state index is 12.9. The van der Waals surface area contributed by atoms with Gasteiger partial charge in [-0.15, -0.1) is 0 Å². The van der Waals surface area contributed by atoms with Crippen LogP contribution in [0.25, 0.3) is 0 Å². The second kappa shape index (κ2) is 8.43. The number of piperidine rings is 1. The first-order valence-electron chi connectivity index (χ1n) is 9.22. The Bertz CT molecular complexity index is 800. The van der Waals surface area contributed by atoms with E-state index < -0.39 is 27.9 Å². The first-order chi connectivity index (χ1) is 12.5. The van der Waals surface area contributed by atoms with Crippen LogP contribution in [-0.2, 0) is 21.9 Å². The first kappa shape index (κ1) is 21.4. The molecule has 1 aliphatic rings. The number of carbonyl (C=O) groups excluding carboxylic acids is 1. The Morgan fingerprint density at radius 3 is 2.59 bits per heavy atom. The number of aromatic nitrogens is 1. The fourth-order valence-corrected chi connectivity index (χ4v) is 5.01. The average molecular weight is 400 g/mol. The Balaban J connectivity index is 2.22. The fraction of sp³-hybridized carbons (Fsp3) is 0.667. The number of aryl methyl sites for hydroxylation is 1. The van der Waals surface area contributed by atoms with E-state index >= 15 is 0 Å². The summed E-state index contributed by atoms with van der Waals surface area (Å²) >= 11 is 0. The zero-order valence-electron chi connectivity index (χ0n) is 16.3. The molecule has 0 aliphatic carbocycles. The summed E-state index contributed by atoms with van der Waals surface area (Å²) < 4.78 is 28.6. The number of nitrogens with zero attached hydrogens (tertiary/aromatic N) is 2. The molecule has 152 valence electrons. The largest absolute Gasteiger partial charge is 0.480 e. The van der Waals surface area contributed by atoms with Crippen molar-refractivity contribution in [2.45, 2.75) is 51.0 Å². The molecule has 2 rings (SSSR count). The molecule has 1 fully saturated rings. The number of sulfonamides is 1. The van der Waals surface area contributed by atoms with Crippen LogP contribution < -0.4 is 5.32 Å². The lowest BCUT2D eigenvalue weighted by atomic mass is 10.0. The molecule has 9 heteroatoms. The van der Waals surface area contributed by atoms with Gasteiger partial charge in [0.05, 0.1) is 0 Å². The zero-order chi connectivity index (χ0) is 20.4. The van der Waals surface area contributed by atoms with Crippen LogP contribution in [0.4, 0.5) is 0 Å². The Kier molecular flexibility index (Phi) is 6.69. The summed E-state index contributed by atoms with van der Waals surface area (Å²) in [6.07, 6.45) is 3.51. The van der Waals surface area contributed by atoms with Crippen molar-refractivity contribution in [1.82, 2.24) is 14.2 Å². The molecular formula is C18H29N3O5S. The summed E-state index contributed by atoms with van der Waals surface area (Å²) in [6, 6.07) is 0.300. The Morgan fingerprint density at radius 2 is 2.04 bits per heavy atom. The topological polar surface area (TPSA) is 109 Å². The average Bonchev–Trinajstić information content (AvgIpc) is 2.96. The molecule has 1 saturated heterocycles. The summed E-state index contributed by atoms with van der Waals surface area (Å²) in [5.41, 5.74) is 0.119. The van der Waals surface area contributed by atoms with Crippen LogP contribution in [0, 0.1) is 11.8 Å². The predicted octanol–water partition coefficient (Wildman–Crippen LogP) is 1.67. The zero-order valence-corrected chi connectivity index (χ0v) is 17.1. The molecule has 1 amide bonds. The van der Waals surface area contributed by atoms with Gasteiger partial charge < -0.3 is 15.0 Å². The Labute approximate surface area is 160 Å². The first-order valence-corrected chi connectivity index (χ1v) is 10.7. The number of nitrogens with one attached hydrogen (secondary N) is 1.